The fraction of sp³-hybridized carbons (Fsp3) is 0.500. The molecule has 0 unspecified atom stereocenters. The molecule has 1 rings (SSSR count). The Bertz CT molecular complexity index is 452. The number of aromatic nitrogens is 2. The number of halogens is 1. The number of hydrogen-bond donors (Lipinski definition) is 2. The molecule has 6 nitrogen and oxygen atoms in total. The molecule has 0 spiro atoms. The molecular formula is C8H13ClN4O2S. The van der Waals surface area contributed by atoms with Crippen molar-refractivity contribution in [2.24, 2.45) is 0 Å². The quantitative estimate of drug-likeness (QED) is 0.859. The second kappa shape index (κ2) is 4.52. The van der Waals surface area contributed by atoms with Crippen molar-refractivity contribution in [3.8, 4) is 0 Å². The van der Waals surface area contributed by atoms with Crippen LogP contribution in [0.5, 0.6) is 0 Å². The molecule has 0 aromatic carbocycles. The lowest BCUT2D eigenvalue weighted by atomic mass is 10.1. The van der Waals surface area contributed by atoms with Gasteiger partial charge in [0, 0.05) is 5.54 Å². The molecule has 0 saturated heterocycles. The average Bonchev–Trinajstić information content (AvgIpc) is 2.04. The maximum absolute atomic E-state index is 11.6. The first-order valence-electron chi connectivity index (χ1n) is 4.49. The van der Waals surface area contributed by atoms with Crippen LogP contribution in [0.15, 0.2) is 12.1 Å². The van der Waals surface area contributed by atoms with E-state index in [-0.39, 0.29) is 11.0 Å². The van der Waals surface area contributed by atoms with Crippen LogP contribution in [0, 0.1) is 0 Å². The fourth-order valence-electron chi connectivity index (χ4n) is 0.937. The monoisotopic (exact) mass is 264 g/mol. The van der Waals surface area contributed by atoms with E-state index in [1.54, 1.807) is 20.8 Å². The normalized spacial score (nSPS) is 12.5. The van der Waals surface area contributed by atoms with E-state index in [4.69, 9.17) is 11.6 Å². The Hall–Kier alpha value is -0.920. The summed E-state index contributed by atoms with van der Waals surface area (Å²) in [5, 5.41) is 7.30. The van der Waals surface area contributed by atoms with Gasteiger partial charge in [0.1, 0.15) is 0 Å². The predicted octanol–water partition coefficient (Wildman–Crippen LogP) is 1.17. The van der Waals surface area contributed by atoms with Crippen molar-refractivity contribution in [3.05, 3.63) is 17.3 Å². The predicted molar refractivity (Wildman–Crippen MR) is 62.5 cm³/mol. The lowest BCUT2D eigenvalue weighted by Gasteiger charge is -2.20. The molecule has 1 heterocycles. The van der Waals surface area contributed by atoms with E-state index in [0.717, 1.165) is 0 Å². The standard InChI is InChI=1S/C8H13ClN4O2S/c1-8(2,3)13-16(14,15)12-7-5-4-6(9)10-11-7/h4-5,13H,1-3H3,(H,11,12). The number of hydrogen-bond acceptors (Lipinski definition) is 4. The van der Waals surface area contributed by atoms with Gasteiger partial charge in [0.2, 0.25) is 0 Å². The topological polar surface area (TPSA) is 84.0 Å². The van der Waals surface area contributed by atoms with Crippen molar-refractivity contribution in [1.82, 2.24) is 14.9 Å². The molecule has 0 saturated carbocycles. The molecule has 0 radical (unpaired) electrons. The highest BCUT2D eigenvalue weighted by molar-refractivity contribution is 7.90. The van der Waals surface area contributed by atoms with Crippen LogP contribution in [0.2, 0.25) is 5.15 Å². The zero-order valence-electron chi connectivity index (χ0n) is 9.15. The highest BCUT2D eigenvalue weighted by Crippen LogP contribution is 2.09. The Kier molecular flexibility index (Phi) is 3.72. The van der Waals surface area contributed by atoms with Gasteiger partial charge in [0.15, 0.2) is 11.0 Å². The molecule has 90 valence electrons. The second-order valence-corrected chi connectivity index (χ2v) is 6.00. The smallest absolute Gasteiger partial charge is 0.253 e. The Morgan fingerprint density at radius 1 is 1.25 bits per heavy atom. The van der Waals surface area contributed by atoms with Crippen LogP contribution in [-0.2, 0) is 10.2 Å². The first-order chi connectivity index (χ1) is 7.18. The molecule has 0 bridgehead atoms. The van der Waals surface area contributed by atoms with Crippen molar-refractivity contribution in [1.29, 1.82) is 0 Å². The fourth-order valence-corrected chi connectivity index (χ4v) is 2.28. The van der Waals surface area contributed by atoms with E-state index in [1.165, 1.54) is 12.1 Å². The van der Waals surface area contributed by atoms with Gasteiger partial charge in [-0.1, -0.05) is 11.6 Å². The van der Waals surface area contributed by atoms with Crippen molar-refractivity contribution in [2.45, 2.75) is 26.3 Å². The van der Waals surface area contributed by atoms with Crippen LogP contribution in [0.1, 0.15) is 20.8 Å². The number of anilines is 1. The zero-order valence-corrected chi connectivity index (χ0v) is 10.7. The molecule has 0 atom stereocenters. The first-order valence-corrected chi connectivity index (χ1v) is 6.35. The molecule has 0 amide bonds. The van der Waals surface area contributed by atoms with Crippen molar-refractivity contribution < 1.29 is 8.42 Å². The summed E-state index contributed by atoms with van der Waals surface area (Å²) in [5.74, 6) is 0.112. The summed E-state index contributed by atoms with van der Waals surface area (Å²) in [4.78, 5) is 0. The lowest BCUT2D eigenvalue weighted by Crippen LogP contribution is -2.43. The Morgan fingerprint density at radius 2 is 1.88 bits per heavy atom. The van der Waals surface area contributed by atoms with Crippen LogP contribution >= 0.6 is 11.6 Å². The largest absolute Gasteiger partial charge is 0.300 e. The Balaban J connectivity index is 2.77. The van der Waals surface area contributed by atoms with Crippen molar-refractivity contribution in [2.75, 3.05) is 4.72 Å². The molecular weight excluding hydrogens is 252 g/mol. The first kappa shape index (κ1) is 13.1. The van der Waals surface area contributed by atoms with Gasteiger partial charge in [-0.05, 0) is 32.9 Å². The molecule has 1 aromatic heterocycles. The molecule has 2 N–H and O–H groups in total. The minimum absolute atomic E-state index is 0.112. The Morgan fingerprint density at radius 3 is 2.31 bits per heavy atom. The number of nitrogens with zero attached hydrogens (tertiary/aromatic N) is 2. The summed E-state index contributed by atoms with van der Waals surface area (Å²) in [7, 11) is -3.65. The van der Waals surface area contributed by atoms with Crippen LogP contribution in [0.25, 0.3) is 0 Å². The van der Waals surface area contributed by atoms with E-state index in [1.807, 2.05) is 0 Å². The molecule has 1 aromatic rings. The third-order valence-corrected chi connectivity index (χ3v) is 2.87. The van der Waals surface area contributed by atoms with E-state index >= 15 is 0 Å². The average molecular weight is 265 g/mol. The van der Waals surface area contributed by atoms with Crippen molar-refractivity contribution in [3.63, 3.8) is 0 Å². The summed E-state index contributed by atoms with van der Waals surface area (Å²) in [6, 6.07) is 2.88. The van der Waals surface area contributed by atoms with Gasteiger partial charge >= 0.3 is 10.2 Å². The van der Waals surface area contributed by atoms with Gasteiger partial charge in [-0.3, -0.25) is 4.72 Å². The van der Waals surface area contributed by atoms with Gasteiger partial charge < -0.3 is 0 Å². The summed E-state index contributed by atoms with van der Waals surface area (Å²) in [6.45, 7) is 5.21. The van der Waals surface area contributed by atoms with Gasteiger partial charge in [0.05, 0.1) is 0 Å². The molecule has 0 aliphatic heterocycles. The van der Waals surface area contributed by atoms with Crippen molar-refractivity contribution >= 4 is 27.6 Å². The van der Waals surface area contributed by atoms with Gasteiger partial charge in [-0.2, -0.15) is 13.1 Å². The minimum atomic E-state index is -3.65. The van der Waals surface area contributed by atoms with Crippen LogP contribution in [0.4, 0.5) is 5.82 Å². The maximum atomic E-state index is 11.6. The summed E-state index contributed by atoms with van der Waals surface area (Å²) in [6.07, 6.45) is 0. The SMILES string of the molecule is CC(C)(C)NS(=O)(=O)Nc1ccc(Cl)nn1. The molecule has 0 fully saturated rings. The van der Waals surface area contributed by atoms with E-state index in [9.17, 15) is 8.42 Å². The summed E-state index contributed by atoms with van der Waals surface area (Å²) >= 11 is 5.52. The molecule has 0 aliphatic carbocycles. The van der Waals surface area contributed by atoms with Crippen LogP contribution < -0.4 is 9.44 Å². The lowest BCUT2D eigenvalue weighted by molar-refractivity contribution is 0.494. The Labute approximate surface area is 99.6 Å². The molecule has 0 aliphatic rings. The number of rotatable bonds is 3. The minimum Gasteiger partial charge on any atom is -0.253 e. The van der Waals surface area contributed by atoms with E-state index < -0.39 is 15.7 Å². The zero-order chi connectivity index (χ0) is 12.4. The third-order valence-electron chi connectivity index (χ3n) is 1.31. The van der Waals surface area contributed by atoms with Crippen LogP contribution in [0.3, 0.4) is 0 Å². The highest BCUT2D eigenvalue weighted by Gasteiger charge is 2.19. The highest BCUT2D eigenvalue weighted by atomic mass is 35.5. The second-order valence-electron chi connectivity index (χ2n) is 4.20. The maximum Gasteiger partial charge on any atom is 0.300 e. The van der Waals surface area contributed by atoms with E-state index in [0.29, 0.717) is 0 Å². The molecule has 8 heteroatoms. The number of nitrogens with one attached hydrogen (secondary N) is 2. The summed E-state index contributed by atoms with van der Waals surface area (Å²) < 4.78 is 27.8. The van der Waals surface area contributed by atoms with Gasteiger partial charge in [0.25, 0.3) is 0 Å². The summed E-state index contributed by atoms with van der Waals surface area (Å²) in [5.41, 5.74) is -0.564. The van der Waals surface area contributed by atoms with Gasteiger partial charge in [-0.15, -0.1) is 10.2 Å². The van der Waals surface area contributed by atoms with Crippen LogP contribution in [-0.4, -0.2) is 24.2 Å². The van der Waals surface area contributed by atoms with E-state index in [2.05, 4.69) is 19.6 Å². The third kappa shape index (κ3) is 4.73. The molecule has 16 heavy (non-hydrogen) atoms. The van der Waals surface area contributed by atoms with Gasteiger partial charge in [-0.25, -0.2) is 0 Å².